The Bertz CT molecular complexity index is 1120. The van der Waals surface area contributed by atoms with Gasteiger partial charge in [-0.3, -0.25) is 14.4 Å². The summed E-state index contributed by atoms with van der Waals surface area (Å²) in [6.07, 6.45) is -0.0529. The number of hydrogen-bond donors (Lipinski definition) is 1. The summed E-state index contributed by atoms with van der Waals surface area (Å²) < 4.78 is 5.50. The van der Waals surface area contributed by atoms with Crippen molar-refractivity contribution < 1.29 is 19.1 Å². The van der Waals surface area contributed by atoms with Crippen LogP contribution in [-0.2, 0) is 20.7 Å². The van der Waals surface area contributed by atoms with E-state index in [4.69, 9.17) is 4.74 Å². The molecule has 2 heterocycles. The van der Waals surface area contributed by atoms with Gasteiger partial charge in [0.05, 0.1) is 5.92 Å². The highest BCUT2D eigenvalue weighted by Gasteiger charge is 2.36. The van der Waals surface area contributed by atoms with Crippen LogP contribution in [0.25, 0.3) is 10.9 Å². The van der Waals surface area contributed by atoms with Gasteiger partial charge in [-0.2, -0.15) is 0 Å². The molecule has 1 N–H and O–H groups in total. The second-order valence-corrected chi connectivity index (χ2v) is 8.09. The van der Waals surface area contributed by atoms with Gasteiger partial charge in [0.25, 0.3) is 0 Å². The Morgan fingerprint density at radius 1 is 1.13 bits per heavy atom. The largest absolute Gasteiger partial charge is 0.454 e. The van der Waals surface area contributed by atoms with Gasteiger partial charge in [0, 0.05) is 41.7 Å². The molecule has 6 nitrogen and oxygen atoms in total. The van der Waals surface area contributed by atoms with Crippen LogP contribution in [0.4, 0.5) is 0 Å². The molecule has 3 aromatic rings. The number of likely N-dealkylation sites (tertiary alicyclic amines) is 1. The molecule has 0 spiro atoms. The zero-order valence-electron chi connectivity index (χ0n) is 17.8. The van der Waals surface area contributed by atoms with Gasteiger partial charge in [0.1, 0.15) is 0 Å². The minimum atomic E-state index is -0.918. The molecule has 1 aliphatic heterocycles. The van der Waals surface area contributed by atoms with Gasteiger partial charge >= 0.3 is 5.97 Å². The number of amides is 1. The lowest BCUT2D eigenvalue weighted by Gasteiger charge is -2.18. The van der Waals surface area contributed by atoms with Gasteiger partial charge in [0.15, 0.2) is 6.10 Å². The number of aryl methyl sites for hydroxylation is 1. The van der Waals surface area contributed by atoms with Gasteiger partial charge < -0.3 is 14.6 Å². The summed E-state index contributed by atoms with van der Waals surface area (Å²) >= 11 is 0. The molecule has 2 atom stereocenters. The topological polar surface area (TPSA) is 79.5 Å². The number of carbonyl (C=O) groups is 3. The zero-order chi connectivity index (χ0) is 22.0. The van der Waals surface area contributed by atoms with Crippen molar-refractivity contribution in [2.75, 3.05) is 13.1 Å². The number of esters is 1. The van der Waals surface area contributed by atoms with E-state index in [1.165, 1.54) is 0 Å². The van der Waals surface area contributed by atoms with Crippen molar-refractivity contribution in [2.45, 2.75) is 32.8 Å². The quantitative estimate of drug-likeness (QED) is 0.469. The molecule has 1 fully saturated rings. The first-order chi connectivity index (χ1) is 14.9. The number of aromatic nitrogens is 1. The molecule has 1 aliphatic rings. The van der Waals surface area contributed by atoms with Crippen molar-refractivity contribution in [3.05, 3.63) is 71.4 Å². The number of ketones is 1. The molecular weight excluding hydrogens is 392 g/mol. The summed E-state index contributed by atoms with van der Waals surface area (Å²) in [6, 6.07) is 17.5. The third-order valence-corrected chi connectivity index (χ3v) is 5.86. The van der Waals surface area contributed by atoms with Crippen molar-refractivity contribution in [2.24, 2.45) is 5.92 Å². The lowest BCUT2D eigenvalue weighted by molar-refractivity contribution is -0.151. The van der Waals surface area contributed by atoms with Crippen LogP contribution >= 0.6 is 0 Å². The lowest BCUT2D eigenvalue weighted by Crippen LogP contribution is -2.31. The maximum absolute atomic E-state index is 13.0. The van der Waals surface area contributed by atoms with E-state index in [9.17, 15) is 14.4 Å². The number of H-pyrrole nitrogens is 1. The molecule has 1 saturated heterocycles. The first-order valence-corrected chi connectivity index (χ1v) is 10.6. The highest BCUT2D eigenvalue weighted by molar-refractivity contribution is 6.11. The molecule has 0 saturated carbocycles. The van der Waals surface area contributed by atoms with Crippen LogP contribution < -0.4 is 0 Å². The standard InChI is InChI=1S/C25H26N2O4/c1-16-23(20-10-6-7-11-21(20)26-16)24(29)17(2)31-25(30)19-14-22(28)27(15-19)13-12-18-8-4-3-5-9-18/h3-11,17,19,26H,12-15H2,1-2H3/t17-,19+/m0/s1. The Balaban J connectivity index is 1.37. The first-order valence-electron chi connectivity index (χ1n) is 10.6. The van der Waals surface area contributed by atoms with Crippen molar-refractivity contribution >= 4 is 28.6 Å². The summed E-state index contributed by atoms with van der Waals surface area (Å²) in [6.45, 7) is 4.32. The summed E-state index contributed by atoms with van der Waals surface area (Å²) in [5.41, 5.74) is 3.31. The molecule has 1 aromatic heterocycles. The molecule has 0 bridgehead atoms. The summed E-state index contributed by atoms with van der Waals surface area (Å²) in [5.74, 6) is -1.32. The Kier molecular flexibility index (Phi) is 5.89. The number of para-hydroxylation sites is 1. The normalized spacial score (nSPS) is 17.2. The maximum Gasteiger partial charge on any atom is 0.311 e. The van der Waals surface area contributed by atoms with E-state index >= 15 is 0 Å². The Morgan fingerprint density at radius 2 is 1.84 bits per heavy atom. The van der Waals surface area contributed by atoms with E-state index in [2.05, 4.69) is 4.98 Å². The summed E-state index contributed by atoms with van der Waals surface area (Å²) in [7, 11) is 0. The average molecular weight is 418 g/mol. The maximum atomic E-state index is 13.0. The first kappa shape index (κ1) is 20.8. The van der Waals surface area contributed by atoms with Crippen LogP contribution in [0.15, 0.2) is 54.6 Å². The van der Waals surface area contributed by atoms with Crippen LogP contribution in [0, 0.1) is 12.8 Å². The molecule has 0 unspecified atom stereocenters. The number of nitrogens with zero attached hydrogens (tertiary/aromatic N) is 1. The van der Waals surface area contributed by atoms with Crippen molar-refractivity contribution in [1.82, 2.24) is 9.88 Å². The number of fused-ring (bicyclic) bond motifs is 1. The van der Waals surface area contributed by atoms with Gasteiger partial charge in [-0.15, -0.1) is 0 Å². The smallest absolute Gasteiger partial charge is 0.311 e. The fourth-order valence-electron chi connectivity index (χ4n) is 4.18. The number of aromatic amines is 1. The van der Waals surface area contributed by atoms with Gasteiger partial charge in [-0.1, -0.05) is 48.5 Å². The minimum Gasteiger partial charge on any atom is -0.454 e. The number of benzene rings is 2. The van der Waals surface area contributed by atoms with Gasteiger partial charge in [-0.05, 0) is 31.9 Å². The van der Waals surface area contributed by atoms with E-state index in [-0.39, 0.29) is 18.1 Å². The van der Waals surface area contributed by atoms with Crippen molar-refractivity contribution in [3.63, 3.8) is 0 Å². The number of nitrogens with one attached hydrogen (secondary N) is 1. The Morgan fingerprint density at radius 3 is 2.61 bits per heavy atom. The monoisotopic (exact) mass is 418 g/mol. The van der Waals surface area contributed by atoms with Crippen LogP contribution in [0.1, 0.15) is 35.0 Å². The molecular formula is C25H26N2O4. The van der Waals surface area contributed by atoms with Crippen molar-refractivity contribution in [3.8, 4) is 0 Å². The number of ether oxygens (including phenoxy) is 1. The molecule has 160 valence electrons. The van der Waals surface area contributed by atoms with E-state index in [0.717, 1.165) is 28.6 Å². The van der Waals surface area contributed by atoms with Gasteiger partial charge in [-0.25, -0.2) is 0 Å². The molecule has 0 aliphatic carbocycles. The van der Waals surface area contributed by atoms with E-state index in [0.29, 0.717) is 18.7 Å². The van der Waals surface area contributed by atoms with Crippen LogP contribution in [0.2, 0.25) is 0 Å². The SMILES string of the molecule is Cc1[nH]c2ccccc2c1C(=O)[C@H](C)OC(=O)[C@@H]1CC(=O)N(CCc2ccccc2)C1. The summed E-state index contributed by atoms with van der Waals surface area (Å²) in [5, 5.41) is 0.816. The number of rotatable bonds is 7. The predicted octanol–water partition coefficient (Wildman–Crippen LogP) is 3.68. The third-order valence-electron chi connectivity index (χ3n) is 5.86. The average Bonchev–Trinajstić information content (AvgIpc) is 3.31. The lowest BCUT2D eigenvalue weighted by atomic mass is 10.0. The number of hydrogen-bond acceptors (Lipinski definition) is 4. The molecule has 2 aromatic carbocycles. The highest BCUT2D eigenvalue weighted by atomic mass is 16.5. The van der Waals surface area contributed by atoms with Crippen LogP contribution in [0.5, 0.6) is 0 Å². The minimum absolute atomic E-state index is 0.0515. The van der Waals surface area contributed by atoms with Crippen molar-refractivity contribution in [1.29, 1.82) is 0 Å². The highest BCUT2D eigenvalue weighted by Crippen LogP contribution is 2.25. The molecule has 1 amide bonds. The molecule has 4 rings (SSSR count). The van der Waals surface area contributed by atoms with Crippen LogP contribution in [-0.4, -0.2) is 46.7 Å². The second-order valence-electron chi connectivity index (χ2n) is 8.09. The van der Waals surface area contributed by atoms with E-state index < -0.39 is 18.0 Å². The van der Waals surface area contributed by atoms with Gasteiger partial charge in [0.2, 0.25) is 11.7 Å². The van der Waals surface area contributed by atoms with E-state index in [1.807, 2.05) is 61.5 Å². The molecule has 0 radical (unpaired) electrons. The Hall–Kier alpha value is -3.41. The number of Topliss-reactive ketones (excluding diaryl/α,β-unsaturated/α-hetero) is 1. The fraction of sp³-hybridized carbons (Fsp3) is 0.320. The Labute approximate surface area is 181 Å². The zero-order valence-corrected chi connectivity index (χ0v) is 17.8. The second kappa shape index (κ2) is 8.76. The predicted molar refractivity (Wildman–Crippen MR) is 118 cm³/mol. The third kappa shape index (κ3) is 4.38. The van der Waals surface area contributed by atoms with E-state index in [1.54, 1.807) is 11.8 Å². The molecule has 31 heavy (non-hydrogen) atoms. The fourth-order valence-corrected chi connectivity index (χ4v) is 4.18. The molecule has 6 heteroatoms. The number of carbonyl (C=O) groups excluding carboxylic acids is 3. The van der Waals surface area contributed by atoms with Crippen LogP contribution in [0.3, 0.4) is 0 Å². The summed E-state index contributed by atoms with van der Waals surface area (Å²) in [4.78, 5) is 42.9.